The van der Waals surface area contributed by atoms with E-state index in [0.29, 0.717) is 0 Å². The fourth-order valence-electron chi connectivity index (χ4n) is 2.25. The van der Waals surface area contributed by atoms with Gasteiger partial charge in [0.15, 0.2) is 0 Å². The van der Waals surface area contributed by atoms with Crippen LogP contribution in [0.5, 0.6) is 0 Å². The standard InChI is InChI=1S/C9H7.C9H13.C3H6.2ClH.Zr/c1-2-5-9-7-3-6-8(9)4-1;1-3-8-6-5-7-9(8)4-2;1-3-2;;;/h1-7H;5-7H,3-4H2,1-2H3;1-2H3;2*1H;/q2*-1;;;;+2/p-2. The molecule has 0 aromatic heterocycles. The third kappa shape index (κ3) is 7.60. The third-order valence-electron chi connectivity index (χ3n) is 3.69. The molecule has 0 aliphatic rings. The van der Waals surface area contributed by atoms with Gasteiger partial charge in [-0.15, -0.1) is 29.7 Å². The SMILES string of the molecule is CCc1cc[cH-]c1CC.C[C](C)=[Zr]([Cl])[Cl].c1ccc2[cH-]ccc2c1. The van der Waals surface area contributed by atoms with E-state index < -0.39 is 18.9 Å². The fourth-order valence-corrected chi connectivity index (χ4v) is 2.25. The normalized spacial score (nSPS) is 9.58. The molecule has 0 bridgehead atoms. The summed E-state index contributed by atoms with van der Waals surface area (Å²) in [5.74, 6) is 0. The van der Waals surface area contributed by atoms with E-state index in [4.69, 9.17) is 17.0 Å². The van der Waals surface area contributed by atoms with Gasteiger partial charge in [0.25, 0.3) is 0 Å². The van der Waals surface area contributed by atoms with Crippen molar-refractivity contribution >= 4 is 31.0 Å². The Kier molecular flexibility index (Phi) is 10.7. The summed E-state index contributed by atoms with van der Waals surface area (Å²) in [5, 5.41) is 2.66. The summed E-state index contributed by atoms with van der Waals surface area (Å²) in [6, 6.07) is 21.2. The van der Waals surface area contributed by atoms with Gasteiger partial charge in [0.2, 0.25) is 0 Å². The van der Waals surface area contributed by atoms with Crippen LogP contribution in [0, 0.1) is 0 Å². The maximum Gasteiger partial charge on any atom is -0.0809 e. The monoisotopic (exact) mass is 438 g/mol. The van der Waals surface area contributed by atoms with Crippen molar-refractivity contribution < 1.29 is 18.9 Å². The Bertz CT molecular complexity index is 683. The van der Waals surface area contributed by atoms with Crippen LogP contribution >= 0.6 is 17.0 Å². The zero-order chi connectivity index (χ0) is 17.9. The van der Waals surface area contributed by atoms with E-state index in [1.54, 1.807) is 0 Å². The molecule has 130 valence electrons. The molecule has 0 fully saturated rings. The topological polar surface area (TPSA) is 0 Å². The molecule has 0 aliphatic heterocycles. The average Bonchev–Trinajstić information content (AvgIpc) is 3.24. The quantitative estimate of drug-likeness (QED) is 0.369. The predicted molar refractivity (Wildman–Crippen MR) is 108 cm³/mol. The largest absolute Gasteiger partial charge is 0.168 e. The molecule has 0 saturated carbocycles. The molecule has 3 heteroatoms. The van der Waals surface area contributed by atoms with E-state index in [9.17, 15) is 0 Å². The van der Waals surface area contributed by atoms with Crippen molar-refractivity contribution in [3.8, 4) is 0 Å². The van der Waals surface area contributed by atoms with Gasteiger partial charge in [-0.3, -0.25) is 0 Å². The van der Waals surface area contributed by atoms with Crippen molar-refractivity contribution in [2.24, 2.45) is 0 Å². The Morgan fingerprint density at radius 2 is 1.54 bits per heavy atom. The summed E-state index contributed by atoms with van der Waals surface area (Å²) in [5.41, 5.74) is 3.02. The van der Waals surface area contributed by atoms with Crippen LogP contribution in [0.15, 0.2) is 60.7 Å². The van der Waals surface area contributed by atoms with Gasteiger partial charge < -0.3 is 0 Å². The molecule has 0 aliphatic carbocycles. The molecule has 0 N–H and O–H groups in total. The van der Waals surface area contributed by atoms with Crippen molar-refractivity contribution in [1.29, 1.82) is 0 Å². The molecular weight excluding hydrogens is 414 g/mol. The first-order valence-corrected chi connectivity index (χ1v) is 15.9. The molecule has 0 amide bonds. The van der Waals surface area contributed by atoms with Crippen molar-refractivity contribution in [3.05, 3.63) is 71.8 Å². The molecule has 0 atom stereocenters. The molecule has 0 nitrogen and oxygen atoms in total. The van der Waals surface area contributed by atoms with E-state index in [1.165, 1.54) is 37.9 Å². The Hall–Kier alpha value is -0.487. The molecule has 3 aromatic carbocycles. The number of halogens is 2. The molecule has 0 radical (unpaired) electrons. The summed E-state index contributed by atoms with van der Waals surface area (Å²) in [6.45, 7) is 8.37. The van der Waals surface area contributed by atoms with Crippen molar-refractivity contribution in [3.63, 3.8) is 0 Å². The first-order valence-electron chi connectivity index (χ1n) is 8.31. The molecule has 0 unspecified atom stereocenters. The van der Waals surface area contributed by atoms with Gasteiger partial charge in [-0.25, -0.2) is 6.07 Å². The summed E-state index contributed by atoms with van der Waals surface area (Å²) in [7, 11) is 11.1. The second-order valence-electron chi connectivity index (χ2n) is 5.70. The van der Waals surface area contributed by atoms with Crippen molar-refractivity contribution in [1.82, 2.24) is 0 Å². The summed E-state index contributed by atoms with van der Waals surface area (Å²) in [4.78, 5) is 0. The molecule has 24 heavy (non-hydrogen) atoms. The summed E-state index contributed by atoms with van der Waals surface area (Å²) < 4.78 is 1.24. The van der Waals surface area contributed by atoms with Crippen LogP contribution < -0.4 is 0 Å². The second kappa shape index (κ2) is 12.0. The molecule has 0 spiro atoms. The van der Waals surface area contributed by atoms with Crippen LogP contribution in [0.1, 0.15) is 38.8 Å². The number of hydrogen-bond acceptors (Lipinski definition) is 0. The third-order valence-corrected chi connectivity index (χ3v) is 10.0. The smallest absolute Gasteiger partial charge is 0.0809 e. The predicted octanol–water partition coefficient (Wildman–Crippen LogP) is 7.21. The number of hydrogen-bond donors (Lipinski definition) is 0. The number of aryl methyl sites for hydroxylation is 2. The maximum atomic E-state index is 5.54. The van der Waals surface area contributed by atoms with Crippen molar-refractivity contribution in [2.45, 2.75) is 40.5 Å². The Morgan fingerprint density at radius 1 is 0.917 bits per heavy atom. The molecular formula is C21H26Cl2Zr-2. The number of rotatable bonds is 2. The first-order chi connectivity index (χ1) is 11.5. The van der Waals surface area contributed by atoms with Crippen LogP contribution in [0.4, 0.5) is 0 Å². The van der Waals surface area contributed by atoms with Gasteiger partial charge in [-0.2, -0.15) is 40.8 Å². The Balaban J connectivity index is 0.000000185. The van der Waals surface area contributed by atoms with Crippen LogP contribution in [-0.2, 0) is 31.7 Å². The summed E-state index contributed by atoms with van der Waals surface area (Å²) >= 11 is -1.84. The number of fused-ring (bicyclic) bond motifs is 1. The van der Waals surface area contributed by atoms with Crippen LogP contribution in [0.3, 0.4) is 0 Å². The maximum absolute atomic E-state index is 5.54. The minimum atomic E-state index is -1.84. The van der Waals surface area contributed by atoms with E-state index in [2.05, 4.69) is 74.5 Å². The van der Waals surface area contributed by atoms with E-state index in [-0.39, 0.29) is 0 Å². The first kappa shape index (κ1) is 21.6. The Morgan fingerprint density at radius 3 is 2.04 bits per heavy atom. The minimum absolute atomic E-state index is 1.18. The van der Waals surface area contributed by atoms with Crippen LogP contribution in [-0.4, -0.2) is 3.21 Å². The average molecular weight is 441 g/mol. The van der Waals surface area contributed by atoms with Gasteiger partial charge in [-0.1, -0.05) is 32.8 Å². The van der Waals surface area contributed by atoms with Crippen molar-refractivity contribution in [2.75, 3.05) is 0 Å². The van der Waals surface area contributed by atoms with Gasteiger partial charge in [0, 0.05) is 0 Å². The van der Waals surface area contributed by atoms with Gasteiger partial charge in [0.05, 0.1) is 0 Å². The van der Waals surface area contributed by atoms with E-state index in [0.717, 1.165) is 0 Å². The molecule has 0 saturated heterocycles. The van der Waals surface area contributed by atoms with Crippen LogP contribution in [0.25, 0.3) is 10.8 Å². The van der Waals surface area contributed by atoms with Gasteiger partial charge in [0.1, 0.15) is 0 Å². The zero-order valence-corrected chi connectivity index (χ0v) is 18.9. The minimum Gasteiger partial charge on any atom is -0.168 e. The van der Waals surface area contributed by atoms with Gasteiger partial charge >= 0.3 is 53.0 Å². The second-order valence-corrected chi connectivity index (χ2v) is 15.1. The molecule has 3 aromatic rings. The fraction of sp³-hybridized carbons (Fsp3) is 0.286. The molecule has 0 heterocycles. The van der Waals surface area contributed by atoms with E-state index >= 15 is 0 Å². The van der Waals surface area contributed by atoms with Gasteiger partial charge in [-0.05, 0) is 0 Å². The Labute approximate surface area is 161 Å². The van der Waals surface area contributed by atoms with E-state index in [1.807, 2.05) is 13.8 Å². The molecule has 3 rings (SSSR count). The van der Waals surface area contributed by atoms with Crippen LogP contribution in [0.2, 0.25) is 0 Å². The number of benzene rings is 1. The zero-order valence-electron chi connectivity index (χ0n) is 14.9. The summed E-state index contributed by atoms with van der Waals surface area (Å²) in [6.07, 6.45) is 2.35.